The summed E-state index contributed by atoms with van der Waals surface area (Å²) < 4.78 is 2.90. The Labute approximate surface area is 108 Å². The van der Waals surface area contributed by atoms with Crippen molar-refractivity contribution in [1.29, 1.82) is 0 Å². The van der Waals surface area contributed by atoms with Gasteiger partial charge >= 0.3 is 0 Å². The first-order valence-electron chi connectivity index (χ1n) is 5.17. The van der Waals surface area contributed by atoms with Gasteiger partial charge in [-0.1, -0.05) is 13.0 Å². The van der Waals surface area contributed by atoms with Gasteiger partial charge < -0.3 is 5.32 Å². The van der Waals surface area contributed by atoms with E-state index in [0.717, 1.165) is 28.2 Å². The second kappa shape index (κ2) is 5.40. The van der Waals surface area contributed by atoms with Gasteiger partial charge in [-0.3, -0.25) is 0 Å². The summed E-state index contributed by atoms with van der Waals surface area (Å²) in [5.74, 6) is 0.860. The number of nitrogens with one attached hydrogen (secondary N) is 1. The normalized spacial score (nSPS) is 10.6. The fraction of sp³-hybridized carbons (Fsp3) is 0.273. The number of halogens is 1. The van der Waals surface area contributed by atoms with Crippen LogP contribution in [0.1, 0.15) is 12.6 Å². The number of hydrogen-bond acceptors (Lipinski definition) is 3. The van der Waals surface area contributed by atoms with E-state index < -0.39 is 0 Å². The Balaban J connectivity index is 2.22. The van der Waals surface area contributed by atoms with Crippen molar-refractivity contribution in [3.05, 3.63) is 39.9 Å². The number of rotatable bonds is 4. The van der Waals surface area contributed by atoms with Gasteiger partial charge in [-0.05, 0) is 41.3 Å². The quantitative estimate of drug-likeness (QED) is 0.873. The molecule has 4 nitrogen and oxygen atoms in total. The lowest BCUT2D eigenvalue weighted by Crippen LogP contribution is -2.13. The summed E-state index contributed by atoms with van der Waals surface area (Å²) in [6.45, 7) is 3.83. The molecule has 0 bridgehead atoms. The van der Waals surface area contributed by atoms with Crippen molar-refractivity contribution < 1.29 is 0 Å². The monoisotopic (exact) mass is 328 g/mol. The fourth-order valence-corrected chi connectivity index (χ4v) is 1.76. The summed E-state index contributed by atoms with van der Waals surface area (Å²) in [5.41, 5.74) is 1.03. The van der Waals surface area contributed by atoms with Crippen molar-refractivity contribution in [1.82, 2.24) is 20.1 Å². The lowest BCUT2D eigenvalue weighted by Gasteiger charge is -2.04. The van der Waals surface area contributed by atoms with Crippen molar-refractivity contribution in [3.8, 4) is 5.82 Å². The Hall–Kier alpha value is -0.950. The molecule has 0 aliphatic rings. The van der Waals surface area contributed by atoms with Gasteiger partial charge in [0.05, 0.1) is 15.5 Å². The smallest absolute Gasteiger partial charge is 0.153 e. The molecule has 0 aromatic carbocycles. The predicted octanol–water partition coefficient (Wildman–Crippen LogP) is 1.98. The predicted molar refractivity (Wildman–Crippen MR) is 71.5 cm³/mol. The Kier molecular flexibility index (Phi) is 3.89. The fourth-order valence-electron chi connectivity index (χ4n) is 1.37. The molecule has 0 spiro atoms. The third-order valence-electron chi connectivity index (χ3n) is 2.13. The molecule has 2 aromatic heterocycles. The third kappa shape index (κ3) is 2.79. The lowest BCUT2D eigenvalue weighted by atomic mass is 10.3. The first kappa shape index (κ1) is 11.5. The molecule has 0 saturated carbocycles. The molecule has 0 aliphatic carbocycles. The molecule has 84 valence electrons. The summed E-state index contributed by atoms with van der Waals surface area (Å²) in [5, 5.41) is 7.49. The highest BCUT2D eigenvalue weighted by Crippen LogP contribution is 2.08. The van der Waals surface area contributed by atoms with Crippen LogP contribution in [0.3, 0.4) is 0 Å². The van der Waals surface area contributed by atoms with Gasteiger partial charge in [0.15, 0.2) is 5.82 Å². The summed E-state index contributed by atoms with van der Waals surface area (Å²) in [6.07, 6.45) is 3.78. The van der Waals surface area contributed by atoms with E-state index >= 15 is 0 Å². The van der Waals surface area contributed by atoms with Crippen molar-refractivity contribution in [2.75, 3.05) is 6.54 Å². The lowest BCUT2D eigenvalue weighted by molar-refractivity contribution is 0.704. The van der Waals surface area contributed by atoms with Crippen molar-refractivity contribution in [2.45, 2.75) is 13.5 Å². The molecule has 2 heterocycles. The maximum absolute atomic E-state index is 4.53. The van der Waals surface area contributed by atoms with Gasteiger partial charge in [-0.25, -0.2) is 9.67 Å². The van der Waals surface area contributed by atoms with Crippen LogP contribution in [-0.4, -0.2) is 21.3 Å². The molecule has 1 N–H and O–H groups in total. The second-order valence-corrected chi connectivity index (χ2v) is 4.62. The summed E-state index contributed by atoms with van der Waals surface area (Å²) in [6, 6.07) is 5.97. The van der Waals surface area contributed by atoms with Crippen molar-refractivity contribution >= 4 is 22.6 Å². The van der Waals surface area contributed by atoms with Gasteiger partial charge in [-0.15, -0.1) is 0 Å². The van der Waals surface area contributed by atoms with Gasteiger partial charge in [0.1, 0.15) is 0 Å². The van der Waals surface area contributed by atoms with E-state index in [2.05, 4.69) is 44.9 Å². The first-order valence-corrected chi connectivity index (χ1v) is 6.24. The van der Waals surface area contributed by atoms with E-state index in [9.17, 15) is 0 Å². The van der Waals surface area contributed by atoms with E-state index in [1.807, 2.05) is 30.6 Å². The second-order valence-electron chi connectivity index (χ2n) is 3.37. The molecule has 0 aliphatic heterocycles. The molecule has 0 unspecified atom stereocenters. The maximum Gasteiger partial charge on any atom is 0.153 e. The molecule has 0 atom stereocenters. The minimum absolute atomic E-state index is 0.794. The van der Waals surface area contributed by atoms with Gasteiger partial charge in [0.25, 0.3) is 0 Å². The molecular formula is C11H13IN4. The van der Waals surface area contributed by atoms with Crippen molar-refractivity contribution in [3.63, 3.8) is 0 Å². The Morgan fingerprint density at radius 2 is 2.31 bits per heavy atom. The van der Waals surface area contributed by atoms with Crippen LogP contribution in [0.15, 0.2) is 30.6 Å². The SMILES string of the molecule is CCNCc1cccc(-n2cc(I)cn2)n1. The van der Waals surface area contributed by atoms with Crippen LogP contribution in [0, 0.1) is 3.57 Å². The zero-order valence-electron chi connectivity index (χ0n) is 9.02. The molecule has 2 rings (SSSR count). The highest BCUT2D eigenvalue weighted by Gasteiger charge is 2.01. The number of pyridine rings is 1. The standard InChI is InChI=1S/C11H13IN4/c1-2-13-7-10-4-3-5-11(15-10)16-8-9(12)6-14-16/h3-6,8,13H,2,7H2,1H3. The number of nitrogens with zero attached hydrogens (tertiary/aromatic N) is 3. The average Bonchev–Trinajstić information content (AvgIpc) is 2.74. The first-order chi connectivity index (χ1) is 7.79. The average molecular weight is 328 g/mol. The van der Waals surface area contributed by atoms with Crippen LogP contribution in [0.2, 0.25) is 0 Å². The topological polar surface area (TPSA) is 42.7 Å². The number of aromatic nitrogens is 3. The molecule has 5 heteroatoms. The molecule has 16 heavy (non-hydrogen) atoms. The van der Waals surface area contributed by atoms with Crippen LogP contribution >= 0.6 is 22.6 Å². The van der Waals surface area contributed by atoms with Crippen LogP contribution in [0.5, 0.6) is 0 Å². The minimum atomic E-state index is 0.794. The van der Waals surface area contributed by atoms with E-state index in [1.54, 1.807) is 4.68 Å². The Morgan fingerprint density at radius 3 is 3.00 bits per heavy atom. The molecule has 0 fully saturated rings. The molecule has 2 aromatic rings. The largest absolute Gasteiger partial charge is 0.311 e. The highest BCUT2D eigenvalue weighted by atomic mass is 127. The van der Waals surface area contributed by atoms with Gasteiger partial charge in [0.2, 0.25) is 0 Å². The Morgan fingerprint density at radius 1 is 1.44 bits per heavy atom. The van der Waals surface area contributed by atoms with Crippen LogP contribution in [-0.2, 0) is 6.54 Å². The van der Waals surface area contributed by atoms with E-state index in [-0.39, 0.29) is 0 Å². The van der Waals surface area contributed by atoms with Crippen LogP contribution < -0.4 is 5.32 Å². The van der Waals surface area contributed by atoms with E-state index in [1.165, 1.54) is 0 Å². The van der Waals surface area contributed by atoms with Crippen molar-refractivity contribution in [2.24, 2.45) is 0 Å². The van der Waals surface area contributed by atoms with Crippen LogP contribution in [0.25, 0.3) is 5.82 Å². The van der Waals surface area contributed by atoms with E-state index in [0.29, 0.717) is 0 Å². The van der Waals surface area contributed by atoms with Gasteiger partial charge in [0, 0.05) is 12.7 Å². The molecular weight excluding hydrogens is 315 g/mol. The molecule has 0 amide bonds. The minimum Gasteiger partial charge on any atom is -0.311 e. The third-order valence-corrected chi connectivity index (χ3v) is 2.69. The zero-order valence-corrected chi connectivity index (χ0v) is 11.2. The Bertz CT molecular complexity index is 467. The van der Waals surface area contributed by atoms with Gasteiger partial charge in [-0.2, -0.15) is 5.10 Å². The van der Waals surface area contributed by atoms with E-state index in [4.69, 9.17) is 0 Å². The summed E-state index contributed by atoms with van der Waals surface area (Å²) >= 11 is 2.24. The number of hydrogen-bond donors (Lipinski definition) is 1. The summed E-state index contributed by atoms with van der Waals surface area (Å²) in [7, 11) is 0. The summed E-state index contributed by atoms with van der Waals surface area (Å²) in [4.78, 5) is 4.53. The molecule has 0 radical (unpaired) electrons. The highest BCUT2D eigenvalue weighted by molar-refractivity contribution is 14.1. The molecule has 0 saturated heterocycles. The zero-order chi connectivity index (χ0) is 11.4. The van der Waals surface area contributed by atoms with Crippen LogP contribution in [0.4, 0.5) is 0 Å². The maximum atomic E-state index is 4.53.